The molecule has 2 rings (SSSR count). The summed E-state index contributed by atoms with van der Waals surface area (Å²) in [5.41, 5.74) is -0.592. The normalized spacial score (nSPS) is 25.3. The van der Waals surface area contributed by atoms with Gasteiger partial charge in [0.2, 0.25) is 0 Å². The lowest BCUT2D eigenvalue weighted by atomic mass is 9.76. The number of aliphatic carboxylic acids is 1. The molecule has 21 heavy (non-hydrogen) atoms. The molecule has 0 saturated heterocycles. The average molecular weight is 313 g/mol. The van der Waals surface area contributed by atoms with Crippen LogP contribution in [0.5, 0.6) is 0 Å². The van der Waals surface area contributed by atoms with Gasteiger partial charge in [-0.1, -0.05) is 31.1 Å². The van der Waals surface area contributed by atoms with Crippen LogP contribution in [0.25, 0.3) is 0 Å². The smallest absolute Gasteiger partial charge is 0.329 e. The van der Waals surface area contributed by atoms with Crippen LogP contribution in [0.3, 0.4) is 0 Å². The number of aromatic nitrogens is 1. The Balaban J connectivity index is 1.95. The summed E-state index contributed by atoms with van der Waals surface area (Å²) in [6.07, 6.45) is 2.64. The third-order valence-corrected chi connectivity index (χ3v) is 4.49. The van der Waals surface area contributed by atoms with E-state index in [-0.39, 0.29) is 17.3 Å². The number of thiazole rings is 1. The lowest BCUT2D eigenvalue weighted by Gasteiger charge is -2.36. The zero-order valence-corrected chi connectivity index (χ0v) is 12.6. The second-order valence-electron chi connectivity index (χ2n) is 5.57. The van der Waals surface area contributed by atoms with Crippen LogP contribution in [0.15, 0.2) is 10.2 Å². The van der Waals surface area contributed by atoms with Gasteiger partial charge in [0.15, 0.2) is 0 Å². The molecule has 0 bridgehead atoms. The van der Waals surface area contributed by atoms with E-state index in [1.165, 1.54) is 0 Å². The highest BCUT2D eigenvalue weighted by Gasteiger charge is 2.43. The highest BCUT2D eigenvalue weighted by atomic mass is 32.1. The van der Waals surface area contributed by atoms with Crippen LogP contribution in [-0.2, 0) is 11.3 Å². The van der Waals surface area contributed by atoms with Crippen molar-refractivity contribution in [2.75, 3.05) is 0 Å². The molecular formula is C13H19N3O4S. The van der Waals surface area contributed by atoms with Crippen molar-refractivity contribution in [2.24, 2.45) is 5.92 Å². The Hall–Kier alpha value is -1.83. The number of urea groups is 1. The molecule has 2 unspecified atom stereocenters. The number of carboxylic acids is 1. The van der Waals surface area contributed by atoms with Gasteiger partial charge in [-0.25, -0.2) is 9.59 Å². The van der Waals surface area contributed by atoms with E-state index in [4.69, 9.17) is 0 Å². The van der Waals surface area contributed by atoms with Crippen molar-refractivity contribution in [3.63, 3.8) is 0 Å². The van der Waals surface area contributed by atoms with Crippen molar-refractivity contribution in [3.05, 3.63) is 20.7 Å². The molecule has 1 fully saturated rings. The summed E-state index contributed by atoms with van der Waals surface area (Å²) in [5, 5.41) is 16.3. The van der Waals surface area contributed by atoms with Gasteiger partial charge in [-0.05, 0) is 18.8 Å². The van der Waals surface area contributed by atoms with Crippen LogP contribution < -0.4 is 15.5 Å². The molecule has 1 aliphatic carbocycles. The fourth-order valence-corrected chi connectivity index (χ4v) is 3.33. The van der Waals surface area contributed by atoms with Gasteiger partial charge in [0.1, 0.15) is 5.54 Å². The number of H-pyrrole nitrogens is 1. The van der Waals surface area contributed by atoms with Crippen LogP contribution in [0, 0.1) is 5.92 Å². The van der Waals surface area contributed by atoms with E-state index in [9.17, 15) is 19.5 Å². The quantitative estimate of drug-likeness (QED) is 0.670. The SMILES string of the molecule is CC1CCCC(NC(=O)NCc2csc(=O)[nH]2)(C(=O)O)C1. The minimum atomic E-state index is -1.19. The molecule has 1 saturated carbocycles. The standard InChI is InChI=1S/C13H19N3O4S/c1-8-3-2-4-13(5-8,10(17)18)16-11(19)14-6-9-7-21-12(20)15-9/h7-8H,2-6H2,1H3,(H,15,20)(H,17,18)(H2,14,16,19). The van der Waals surface area contributed by atoms with Crippen molar-refractivity contribution in [3.8, 4) is 0 Å². The van der Waals surface area contributed by atoms with Gasteiger partial charge in [0, 0.05) is 11.1 Å². The number of amides is 2. The average Bonchev–Trinajstić information content (AvgIpc) is 2.82. The Morgan fingerprint density at radius 1 is 1.57 bits per heavy atom. The molecular weight excluding hydrogens is 294 g/mol. The van der Waals surface area contributed by atoms with E-state index in [0.717, 1.165) is 24.2 Å². The minimum Gasteiger partial charge on any atom is -0.480 e. The monoisotopic (exact) mass is 313 g/mol. The van der Waals surface area contributed by atoms with Crippen molar-refractivity contribution >= 4 is 23.3 Å². The molecule has 2 amide bonds. The van der Waals surface area contributed by atoms with Crippen LogP contribution in [-0.4, -0.2) is 27.6 Å². The molecule has 0 radical (unpaired) electrons. The highest BCUT2D eigenvalue weighted by molar-refractivity contribution is 7.07. The first kappa shape index (κ1) is 15.6. The van der Waals surface area contributed by atoms with Gasteiger partial charge in [-0.3, -0.25) is 4.79 Å². The van der Waals surface area contributed by atoms with Gasteiger partial charge in [-0.15, -0.1) is 0 Å². The molecule has 4 N–H and O–H groups in total. The number of hydrogen-bond donors (Lipinski definition) is 4. The Bertz CT molecular complexity index is 582. The van der Waals surface area contributed by atoms with Crippen LogP contribution in [0.4, 0.5) is 4.79 Å². The first-order valence-corrected chi connectivity index (χ1v) is 7.75. The maximum atomic E-state index is 11.9. The highest BCUT2D eigenvalue weighted by Crippen LogP contribution is 2.32. The number of carbonyl (C=O) groups is 2. The maximum Gasteiger partial charge on any atom is 0.329 e. The van der Waals surface area contributed by atoms with Crippen molar-refractivity contribution < 1.29 is 14.7 Å². The second kappa shape index (κ2) is 6.30. The summed E-state index contributed by atoms with van der Waals surface area (Å²) >= 11 is 1.02. The lowest BCUT2D eigenvalue weighted by Crippen LogP contribution is -2.59. The summed E-state index contributed by atoms with van der Waals surface area (Å²) in [5.74, 6) is -0.725. The summed E-state index contributed by atoms with van der Waals surface area (Å²) in [6.45, 7) is 2.16. The second-order valence-corrected chi connectivity index (χ2v) is 6.41. The number of aromatic amines is 1. The molecule has 7 nitrogen and oxygen atoms in total. The third kappa shape index (κ3) is 3.84. The van der Waals surface area contributed by atoms with Gasteiger partial charge in [-0.2, -0.15) is 0 Å². The van der Waals surface area contributed by atoms with Gasteiger partial charge >= 0.3 is 16.9 Å². The van der Waals surface area contributed by atoms with Gasteiger partial charge in [0.25, 0.3) is 0 Å². The fraction of sp³-hybridized carbons (Fsp3) is 0.615. The predicted molar refractivity (Wildman–Crippen MR) is 78.3 cm³/mol. The number of hydrogen-bond acceptors (Lipinski definition) is 4. The fourth-order valence-electron chi connectivity index (χ4n) is 2.75. The van der Waals surface area contributed by atoms with E-state index in [1.54, 1.807) is 5.38 Å². The molecule has 0 aromatic carbocycles. The largest absolute Gasteiger partial charge is 0.480 e. The Morgan fingerprint density at radius 2 is 2.33 bits per heavy atom. The molecule has 1 heterocycles. The Labute approximate surface area is 125 Å². The summed E-state index contributed by atoms with van der Waals surface area (Å²) < 4.78 is 0. The topological polar surface area (TPSA) is 111 Å². The van der Waals surface area contributed by atoms with E-state index < -0.39 is 17.5 Å². The maximum absolute atomic E-state index is 11.9. The van der Waals surface area contributed by atoms with Crippen molar-refractivity contribution in [1.82, 2.24) is 15.6 Å². The summed E-state index contributed by atoms with van der Waals surface area (Å²) in [7, 11) is 0. The van der Waals surface area contributed by atoms with E-state index >= 15 is 0 Å². The summed E-state index contributed by atoms with van der Waals surface area (Å²) in [4.78, 5) is 36.9. The molecule has 1 aliphatic rings. The number of rotatable bonds is 4. The zero-order valence-electron chi connectivity index (χ0n) is 11.8. The molecule has 8 heteroatoms. The third-order valence-electron chi connectivity index (χ3n) is 3.77. The van der Waals surface area contributed by atoms with Crippen LogP contribution >= 0.6 is 11.3 Å². The van der Waals surface area contributed by atoms with E-state index in [0.29, 0.717) is 18.5 Å². The molecule has 2 atom stereocenters. The van der Waals surface area contributed by atoms with Crippen molar-refractivity contribution in [2.45, 2.75) is 44.7 Å². The number of carbonyl (C=O) groups excluding carboxylic acids is 1. The van der Waals surface area contributed by atoms with Gasteiger partial charge < -0.3 is 20.7 Å². The van der Waals surface area contributed by atoms with E-state index in [1.807, 2.05) is 6.92 Å². The minimum absolute atomic E-state index is 0.163. The zero-order chi connectivity index (χ0) is 15.5. The Kier molecular flexibility index (Phi) is 4.66. The first-order chi connectivity index (χ1) is 9.91. The first-order valence-electron chi connectivity index (χ1n) is 6.87. The van der Waals surface area contributed by atoms with Crippen molar-refractivity contribution in [1.29, 1.82) is 0 Å². The molecule has 0 spiro atoms. The van der Waals surface area contributed by atoms with Crippen LogP contribution in [0.1, 0.15) is 38.3 Å². The molecule has 1 aromatic heterocycles. The molecule has 0 aliphatic heterocycles. The van der Waals surface area contributed by atoms with Gasteiger partial charge in [0.05, 0.1) is 6.54 Å². The van der Waals surface area contributed by atoms with E-state index in [2.05, 4.69) is 15.6 Å². The summed E-state index contributed by atoms with van der Waals surface area (Å²) in [6, 6.07) is -0.529. The number of nitrogens with one attached hydrogen (secondary N) is 3. The molecule has 1 aromatic rings. The lowest BCUT2D eigenvalue weighted by molar-refractivity contribution is -0.146. The molecule has 116 valence electrons. The van der Waals surface area contributed by atoms with Crippen LogP contribution in [0.2, 0.25) is 0 Å². The predicted octanol–water partition coefficient (Wildman–Crippen LogP) is 1.27. The Morgan fingerprint density at radius 3 is 2.90 bits per heavy atom. The number of carboxylic acid groups (broad SMARTS) is 1.